The van der Waals surface area contributed by atoms with Crippen molar-refractivity contribution < 1.29 is 4.79 Å². The SMILES string of the molecule is CCn1c(=O)[nH]c(=O)c2c(C(=O)NCCNc3ncccc3C#N)cc(C(C)C)nc21. The first-order valence-corrected chi connectivity index (χ1v) is 9.92. The number of H-pyrrole nitrogens is 1. The van der Waals surface area contributed by atoms with Gasteiger partial charge in [0.2, 0.25) is 0 Å². The van der Waals surface area contributed by atoms with E-state index in [9.17, 15) is 14.4 Å². The first kappa shape index (κ1) is 21.7. The Balaban J connectivity index is 1.89. The maximum Gasteiger partial charge on any atom is 0.329 e. The van der Waals surface area contributed by atoms with Crippen molar-refractivity contribution in [1.29, 1.82) is 5.26 Å². The van der Waals surface area contributed by atoms with Gasteiger partial charge in [0.05, 0.1) is 16.5 Å². The van der Waals surface area contributed by atoms with Gasteiger partial charge in [-0.2, -0.15) is 5.26 Å². The average molecular weight is 421 g/mol. The molecule has 0 aliphatic rings. The van der Waals surface area contributed by atoms with Crippen molar-refractivity contribution in [2.24, 2.45) is 0 Å². The molecule has 3 rings (SSSR count). The highest BCUT2D eigenvalue weighted by molar-refractivity contribution is 6.05. The van der Waals surface area contributed by atoms with Crippen molar-refractivity contribution in [2.75, 3.05) is 18.4 Å². The topological polar surface area (TPSA) is 146 Å². The zero-order chi connectivity index (χ0) is 22.5. The van der Waals surface area contributed by atoms with Crippen LogP contribution in [0.1, 0.15) is 48.3 Å². The van der Waals surface area contributed by atoms with E-state index < -0.39 is 17.2 Å². The summed E-state index contributed by atoms with van der Waals surface area (Å²) in [5.74, 6) is -0.0330. The van der Waals surface area contributed by atoms with Crippen LogP contribution in [-0.2, 0) is 6.54 Å². The summed E-state index contributed by atoms with van der Waals surface area (Å²) in [6, 6.07) is 6.94. The Bertz CT molecular complexity index is 1280. The van der Waals surface area contributed by atoms with Gasteiger partial charge in [0.15, 0.2) is 5.65 Å². The van der Waals surface area contributed by atoms with E-state index in [2.05, 4.69) is 25.6 Å². The average Bonchev–Trinajstić information content (AvgIpc) is 2.76. The van der Waals surface area contributed by atoms with E-state index in [4.69, 9.17) is 5.26 Å². The van der Waals surface area contributed by atoms with Crippen molar-refractivity contribution in [3.05, 3.63) is 62.1 Å². The molecule has 0 saturated carbocycles. The van der Waals surface area contributed by atoms with Crippen LogP contribution in [0, 0.1) is 11.3 Å². The molecule has 0 spiro atoms. The van der Waals surface area contributed by atoms with Crippen LogP contribution in [-0.4, -0.2) is 38.5 Å². The summed E-state index contributed by atoms with van der Waals surface area (Å²) in [4.78, 5) is 48.5. The minimum Gasteiger partial charge on any atom is -0.367 e. The molecule has 3 N–H and O–H groups in total. The molecule has 0 saturated heterocycles. The molecule has 0 aromatic carbocycles. The van der Waals surface area contributed by atoms with Crippen molar-refractivity contribution in [3.63, 3.8) is 0 Å². The van der Waals surface area contributed by atoms with E-state index in [0.29, 0.717) is 30.2 Å². The van der Waals surface area contributed by atoms with E-state index in [-0.39, 0.29) is 29.1 Å². The molecule has 160 valence electrons. The number of pyridine rings is 2. The summed E-state index contributed by atoms with van der Waals surface area (Å²) in [6.07, 6.45) is 1.57. The summed E-state index contributed by atoms with van der Waals surface area (Å²) in [5.41, 5.74) is 0.149. The number of hydrogen-bond acceptors (Lipinski definition) is 7. The lowest BCUT2D eigenvalue weighted by molar-refractivity contribution is 0.0956. The lowest BCUT2D eigenvalue weighted by Gasteiger charge is -2.14. The van der Waals surface area contributed by atoms with E-state index in [1.54, 1.807) is 31.3 Å². The van der Waals surface area contributed by atoms with Crippen LogP contribution in [0.25, 0.3) is 11.0 Å². The van der Waals surface area contributed by atoms with Gasteiger partial charge >= 0.3 is 5.69 Å². The summed E-state index contributed by atoms with van der Waals surface area (Å²) >= 11 is 0. The number of rotatable bonds is 7. The number of carbonyl (C=O) groups excluding carboxylic acids is 1. The number of nitrogens with zero attached hydrogens (tertiary/aromatic N) is 4. The normalized spacial score (nSPS) is 10.8. The van der Waals surface area contributed by atoms with Crippen LogP contribution in [0.15, 0.2) is 34.0 Å². The lowest BCUT2D eigenvalue weighted by atomic mass is 10.0. The minimum absolute atomic E-state index is 0.00845. The zero-order valence-corrected chi connectivity index (χ0v) is 17.5. The molecule has 0 radical (unpaired) electrons. The molecule has 0 bridgehead atoms. The number of aryl methyl sites for hydroxylation is 1. The number of aromatic amines is 1. The van der Waals surface area contributed by atoms with Gasteiger partial charge in [0, 0.05) is 31.5 Å². The zero-order valence-electron chi connectivity index (χ0n) is 17.5. The molecule has 0 aliphatic carbocycles. The van der Waals surface area contributed by atoms with Gasteiger partial charge < -0.3 is 10.6 Å². The number of fused-ring (bicyclic) bond motifs is 1. The van der Waals surface area contributed by atoms with Crippen molar-refractivity contribution in [3.8, 4) is 6.07 Å². The summed E-state index contributed by atoms with van der Waals surface area (Å²) in [6.45, 7) is 6.46. The Morgan fingerprint density at radius 3 is 2.77 bits per heavy atom. The maximum atomic E-state index is 12.9. The fourth-order valence-electron chi connectivity index (χ4n) is 3.15. The predicted molar refractivity (Wildman–Crippen MR) is 116 cm³/mol. The van der Waals surface area contributed by atoms with Gasteiger partial charge in [-0.3, -0.25) is 19.1 Å². The molecule has 1 amide bonds. The number of nitriles is 1. The first-order valence-electron chi connectivity index (χ1n) is 9.92. The van der Waals surface area contributed by atoms with Crippen LogP contribution in [0.2, 0.25) is 0 Å². The number of amides is 1. The van der Waals surface area contributed by atoms with Crippen LogP contribution in [0.3, 0.4) is 0 Å². The molecule has 10 heteroatoms. The highest BCUT2D eigenvalue weighted by Crippen LogP contribution is 2.19. The highest BCUT2D eigenvalue weighted by atomic mass is 16.2. The molecule has 3 heterocycles. The van der Waals surface area contributed by atoms with Crippen LogP contribution in [0.5, 0.6) is 0 Å². The molecule has 0 fully saturated rings. The molecule has 3 aromatic rings. The largest absolute Gasteiger partial charge is 0.367 e. The van der Waals surface area contributed by atoms with Gasteiger partial charge in [-0.25, -0.2) is 14.8 Å². The molecular formula is C21H23N7O3. The highest BCUT2D eigenvalue weighted by Gasteiger charge is 2.20. The van der Waals surface area contributed by atoms with Gasteiger partial charge in [0.1, 0.15) is 11.9 Å². The Kier molecular flexibility index (Phi) is 6.45. The Hall–Kier alpha value is -4.00. The Morgan fingerprint density at radius 1 is 1.32 bits per heavy atom. The third kappa shape index (κ3) is 4.45. The molecule has 10 nitrogen and oxygen atoms in total. The third-order valence-corrected chi connectivity index (χ3v) is 4.75. The molecule has 3 aromatic heterocycles. The molecular weight excluding hydrogens is 398 g/mol. The van der Waals surface area contributed by atoms with Crippen molar-refractivity contribution in [2.45, 2.75) is 33.2 Å². The molecule has 31 heavy (non-hydrogen) atoms. The van der Waals surface area contributed by atoms with E-state index in [1.165, 1.54) is 4.57 Å². The Labute approximate surface area is 178 Å². The monoisotopic (exact) mass is 421 g/mol. The van der Waals surface area contributed by atoms with Gasteiger partial charge in [0.25, 0.3) is 11.5 Å². The molecule has 0 atom stereocenters. The van der Waals surface area contributed by atoms with Crippen LogP contribution < -0.4 is 21.9 Å². The maximum absolute atomic E-state index is 12.9. The summed E-state index contributed by atoms with van der Waals surface area (Å²) in [5, 5.41) is 15.0. The summed E-state index contributed by atoms with van der Waals surface area (Å²) in [7, 11) is 0. The van der Waals surface area contributed by atoms with Gasteiger partial charge in [-0.05, 0) is 31.0 Å². The van der Waals surface area contributed by atoms with Crippen LogP contribution >= 0.6 is 0 Å². The number of carbonyl (C=O) groups is 1. The van der Waals surface area contributed by atoms with Gasteiger partial charge in [-0.1, -0.05) is 13.8 Å². The quantitative estimate of drug-likeness (QED) is 0.488. The second-order valence-corrected chi connectivity index (χ2v) is 7.15. The first-order chi connectivity index (χ1) is 14.9. The smallest absolute Gasteiger partial charge is 0.329 e. The lowest BCUT2D eigenvalue weighted by Crippen LogP contribution is -2.34. The van der Waals surface area contributed by atoms with Crippen molar-refractivity contribution >= 4 is 22.8 Å². The van der Waals surface area contributed by atoms with E-state index >= 15 is 0 Å². The van der Waals surface area contributed by atoms with E-state index in [0.717, 1.165) is 0 Å². The fraction of sp³-hybridized carbons (Fsp3) is 0.333. The summed E-state index contributed by atoms with van der Waals surface area (Å²) < 4.78 is 1.34. The number of hydrogen-bond donors (Lipinski definition) is 3. The standard InChI is InChI=1S/C21H23N7O3/c1-4-28-18-16(20(30)27-21(28)31)14(10-15(26-18)12(2)3)19(29)25-9-8-24-17-13(11-22)6-5-7-23-17/h5-7,10,12H,4,8-9H2,1-3H3,(H,23,24)(H,25,29)(H,27,30,31). The van der Waals surface area contributed by atoms with Gasteiger partial charge in [-0.15, -0.1) is 0 Å². The fourth-order valence-corrected chi connectivity index (χ4v) is 3.15. The van der Waals surface area contributed by atoms with Crippen LogP contribution in [0.4, 0.5) is 5.82 Å². The molecule has 0 aliphatic heterocycles. The second kappa shape index (κ2) is 9.21. The molecule has 0 unspecified atom stereocenters. The predicted octanol–water partition coefficient (Wildman–Crippen LogP) is 1.34. The third-order valence-electron chi connectivity index (χ3n) is 4.75. The number of aromatic nitrogens is 4. The second-order valence-electron chi connectivity index (χ2n) is 7.15. The number of nitrogens with one attached hydrogen (secondary N) is 3. The van der Waals surface area contributed by atoms with Crippen molar-refractivity contribution in [1.82, 2.24) is 24.8 Å². The van der Waals surface area contributed by atoms with E-state index in [1.807, 2.05) is 19.9 Å². The number of anilines is 1. The Morgan fingerprint density at radius 2 is 2.10 bits per heavy atom. The minimum atomic E-state index is -0.650.